The molecule has 1 saturated heterocycles. The summed E-state index contributed by atoms with van der Waals surface area (Å²) < 4.78 is 5.15. The van der Waals surface area contributed by atoms with Gasteiger partial charge >= 0.3 is 5.97 Å². The van der Waals surface area contributed by atoms with Crippen LogP contribution in [0.25, 0.3) is 0 Å². The number of benzene rings is 3. The van der Waals surface area contributed by atoms with Crippen molar-refractivity contribution in [1.29, 1.82) is 0 Å². The Labute approximate surface area is 220 Å². The average Bonchev–Trinajstić information content (AvgIpc) is 3.59. The van der Waals surface area contributed by atoms with Gasteiger partial charge in [-0.3, -0.25) is 19.3 Å². The Balaban J connectivity index is 1.10. The number of fused-ring (bicyclic) bond motifs is 5. The quantitative estimate of drug-likeness (QED) is 0.384. The number of imide groups is 1. The van der Waals surface area contributed by atoms with Crippen LogP contribution in [0.1, 0.15) is 40.2 Å². The molecule has 2 bridgehead atoms. The van der Waals surface area contributed by atoms with Crippen molar-refractivity contribution in [3.8, 4) is 0 Å². The van der Waals surface area contributed by atoms with Gasteiger partial charge in [-0.15, -0.1) is 0 Å². The van der Waals surface area contributed by atoms with Crippen LogP contribution in [-0.4, -0.2) is 30.3 Å². The second-order valence-corrected chi connectivity index (χ2v) is 10.5. The number of hydrogen-bond acceptors (Lipinski definition) is 5. The molecule has 38 heavy (non-hydrogen) atoms. The number of rotatable bonds is 6. The maximum absolute atomic E-state index is 13.5. The van der Waals surface area contributed by atoms with Crippen molar-refractivity contribution < 1.29 is 23.9 Å². The number of ether oxygens (including phenoxy) is 1. The molecule has 1 aliphatic heterocycles. The lowest BCUT2D eigenvalue weighted by Gasteiger charge is -2.28. The Morgan fingerprint density at radius 2 is 1.63 bits per heavy atom. The van der Waals surface area contributed by atoms with Crippen molar-refractivity contribution in [2.24, 2.45) is 23.7 Å². The van der Waals surface area contributed by atoms with Gasteiger partial charge in [0.2, 0.25) is 11.8 Å². The summed E-state index contributed by atoms with van der Waals surface area (Å²) in [5.41, 5.74) is 3.57. The molecule has 1 heterocycles. The van der Waals surface area contributed by atoms with Crippen molar-refractivity contribution in [3.05, 3.63) is 95.6 Å². The fourth-order valence-corrected chi connectivity index (χ4v) is 6.68. The van der Waals surface area contributed by atoms with Gasteiger partial charge in [0.05, 0.1) is 23.1 Å². The van der Waals surface area contributed by atoms with E-state index >= 15 is 0 Å². The van der Waals surface area contributed by atoms with E-state index in [9.17, 15) is 19.2 Å². The number of nitrogens with one attached hydrogen (secondary N) is 1. The average molecular weight is 509 g/mol. The van der Waals surface area contributed by atoms with E-state index in [2.05, 4.69) is 17.4 Å². The van der Waals surface area contributed by atoms with Gasteiger partial charge in [0.15, 0.2) is 6.61 Å². The first-order valence-corrected chi connectivity index (χ1v) is 13.0. The Morgan fingerprint density at radius 3 is 2.37 bits per heavy atom. The van der Waals surface area contributed by atoms with E-state index in [1.165, 1.54) is 22.6 Å². The molecule has 0 radical (unpaired) electrons. The maximum Gasteiger partial charge on any atom is 0.338 e. The lowest BCUT2D eigenvalue weighted by Crippen LogP contribution is -2.33. The third kappa shape index (κ3) is 4.18. The van der Waals surface area contributed by atoms with Crippen LogP contribution < -0.4 is 10.2 Å². The molecule has 0 unspecified atom stereocenters. The van der Waals surface area contributed by atoms with E-state index in [-0.39, 0.29) is 41.0 Å². The zero-order valence-corrected chi connectivity index (χ0v) is 21.0. The SMILES string of the molecule is Cc1cccc(NC(=O)COC(=O)c2ccc(N3C(=O)[C@@H]4[C@@H]5C[C@@H]([C@H]4C3=O)[C@@H](c3ccccc3)C5)cc2)c1. The summed E-state index contributed by atoms with van der Waals surface area (Å²) in [5.74, 6) is -1.23. The first kappa shape index (κ1) is 24.1. The molecule has 192 valence electrons. The molecule has 3 aromatic carbocycles. The van der Waals surface area contributed by atoms with E-state index in [1.807, 2.05) is 43.3 Å². The van der Waals surface area contributed by atoms with Crippen LogP contribution in [0.2, 0.25) is 0 Å². The van der Waals surface area contributed by atoms with E-state index in [0.717, 1.165) is 18.4 Å². The minimum absolute atomic E-state index is 0.137. The van der Waals surface area contributed by atoms with Crippen LogP contribution in [0.3, 0.4) is 0 Å². The third-order valence-corrected chi connectivity index (χ3v) is 8.24. The van der Waals surface area contributed by atoms with E-state index in [0.29, 0.717) is 17.3 Å². The molecule has 3 aliphatic rings. The molecule has 3 amide bonds. The highest BCUT2D eigenvalue weighted by atomic mass is 16.5. The molecule has 0 spiro atoms. The van der Waals surface area contributed by atoms with Crippen LogP contribution in [0, 0.1) is 30.6 Å². The predicted octanol–water partition coefficient (Wildman–Crippen LogP) is 4.72. The lowest BCUT2D eigenvalue weighted by atomic mass is 9.73. The number of carbonyl (C=O) groups excluding carboxylic acids is 4. The van der Waals surface area contributed by atoms with Crippen LogP contribution in [0.4, 0.5) is 11.4 Å². The summed E-state index contributed by atoms with van der Waals surface area (Å²) in [5, 5.41) is 2.69. The molecule has 2 saturated carbocycles. The standard InChI is InChI=1S/C31H28N2O5/c1-18-6-5-9-22(14-18)32-26(34)17-38-31(37)20-10-12-23(13-11-20)33-29(35)27-21-15-24(19-7-3-2-4-8-19)25(16-21)28(27)30(33)36/h2-14,21,24-25,27-28H,15-17H2,1H3,(H,32,34)/t21-,24+,25+,27+,28+/m0/s1. The second kappa shape index (κ2) is 9.56. The van der Waals surface area contributed by atoms with Crippen LogP contribution >= 0.6 is 0 Å². The van der Waals surface area contributed by atoms with Gasteiger partial charge in [-0.1, -0.05) is 42.5 Å². The topological polar surface area (TPSA) is 92.8 Å². The zero-order valence-electron chi connectivity index (χ0n) is 21.0. The first-order chi connectivity index (χ1) is 18.4. The summed E-state index contributed by atoms with van der Waals surface area (Å²) in [6, 6.07) is 23.8. The fraction of sp³-hybridized carbons (Fsp3) is 0.290. The summed E-state index contributed by atoms with van der Waals surface area (Å²) in [6.07, 6.45) is 1.85. The number of hydrogen-bond donors (Lipinski definition) is 1. The Hall–Kier alpha value is -4.26. The molecule has 3 aromatic rings. The Morgan fingerprint density at radius 1 is 0.895 bits per heavy atom. The summed E-state index contributed by atoms with van der Waals surface area (Å²) in [6.45, 7) is 1.49. The minimum Gasteiger partial charge on any atom is -0.452 e. The second-order valence-electron chi connectivity index (χ2n) is 10.5. The molecular weight excluding hydrogens is 480 g/mol. The largest absolute Gasteiger partial charge is 0.452 e. The first-order valence-electron chi connectivity index (χ1n) is 13.0. The van der Waals surface area contributed by atoms with Crippen molar-refractivity contribution in [2.75, 3.05) is 16.8 Å². The third-order valence-electron chi connectivity index (χ3n) is 8.24. The minimum atomic E-state index is -0.657. The number of anilines is 2. The predicted molar refractivity (Wildman–Crippen MR) is 141 cm³/mol. The lowest BCUT2D eigenvalue weighted by molar-refractivity contribution is -0.123. The molecule has 6 rings (SSSR count). The van der Waals surface area contributed by atoms with E-state index < -0.39 is 18.5 Å². The number of esters is 1. The molecule has 1 N–H and O–H groups in total. The van der Waals surface area contributed by atoms with Crippen LogP contribution in [0.5, 0.6) is 0 Å². The van der Waals surface area contributed by atoms with Crippen molar-refractivity contribution >= 4 is 35.1 Å². The smallest absolute Gasteiger partial charge is 0.338 e. The van der Waals surface area contributed by atoms with E-state index in [4.69, 9.17) is 4.74 Å². The summed E-state index contributed by atoms with van der Waals surface area (Å²) in [7, 11) is 0. The van der Waals surface area contributed by atoms with Gasteiger partial charge in [-0.25, -0.2) is 4.79 Å². The molecule has 3 fully saturated rings. The van der Waals surface area contributed by atoms with Crippen molar-refractivity contribution in [1.82, 2.24) is 0 Å². The monoisotopic (exact) mass is 508 g/mol. The van der Waals surface area contributed by atoms with Gasteiger partial charge in [-0.2, -0.15) is 0 Å². The number of aryl methyl sites for hydroxylation is 1. The Kier molecular flexibility index (Phi) is 6.06. The summed E-state index contributed by atoms with van der Waals surface area (Å²) in [4.78, 5) is 52.8. The van der Waals surface area contributed by atoms with Gasteiger partial charge in [0.25, 0.3) is 5.91 Å². The number of nitrogens with zero attached hydrogens (tertiary/aromatic N) is 1. The molecular formula is C31H28N2O5. The van der Waals surface area contributed by atoms with Gasteiger partial charge in [0, 0.05) is 5.69 Å². The van der Waals surface area contributed by atoms with Gasteiger partial charge in [-0.05, 0) is 85.0 Å². The fourth-order valence-electron chi connectivity index (χ4n) is 6.68. The normalized spacial score (nSPS) is 25.4. The van der Waals surface area contributed by atoms with Crippen molar-refractivity contribution in [3.63, 3.8) is 0 Å². The highest BCUT2D eigenvalue weighted by molar-refractivity contribution is 6.22. The van der Waals surface area contributed by atoms with Crippen LogP contribution in [-0.2, 0) is 19.1 Å². The van der Waals surface area contributed by atoms with Gasteiger partial charge in [0.1, 0.15) is 0 Å². The number of amides is 3. The molecule has 7 nitrogen and oxygen atoms in total. The molecule has 7 heteroatoms. The Bertz CT molecular complexity index is 1420. The van der Waals surface area contributed by atoms with E-state index in [1.54, 1.807) is 18.2 Å². The highest BCUT2D eigenvalue weighted by Crippen LogP contribution is 2.61. The zero-order chi connectivity index (χ0) is 26.4. The highest BCUT2D eigenvalue weighted by Gasteiger charge is 2.64. The van der Waals surface area contributed by atoms with Crippen LogP contribution in [0.15, 0.2) is 78.9 Å². The van der Waals surface area contributed by atoms with Gasteiger partial charge < -0.3 is 10.1 Å². The van der Waals surface area contributed by atoms with Crippen molar-refractivity contribution in [2.45, 2.75) is 25.7 Å². The maximum atomic E-state index is 13.5. The molecule has 5 atom stereocenters. The summed E-state index contributed by atoms with van der Waals surface area (Å²) >= 11 is 0. The molecule has 0 aromatic heterocycles. The number of carbonyl (C=O) groups is 4. The molecule has 2 aliphatic carbocycles.